The van der Waals surface area contributed by atoms with Crippen LogP contribution in [0.1, 0.15) is 24.0 Å². The summed E-state index contributed by atoms with van der Waals surface area (Å²) in [5, 5.41) is 11.8. The predicted octanol–water partition coefficient (Wildman–Crippen LogP) is 4.47. The molecule has 1 aliphatic heterocycles. The molecular formula is C24H22N2O4. The lowest BCUT2D eigenvalue weighted by atomic mass is 9.82. The van der Waals surface area contributed by atoms with E-state index in [1.54, 1.807) is 14.2 Å². The first-order chi connectivity index (χ1) is 14.6. The first kappa shape index (κ1) is 19.5. The number of allylic oxidation sites excluding steroid dienone is 1. The number of rotatable bonds is 5. The van der Waals surface area contributed by atoms with Gasteiger partial charge >= 0.3 is 0 Å². The average Bonchev–Trinajstić information content (AvgIpc) is 2.78. The zero-order chi connectivity index (χ0) is 21.3. The lowest BCUT2D eigenvalue weighted by Crippen LogP contribution is -2.21. The Morgan fingerprint density at radius 3 is 2.40 bits per heavy atom. The Hall–Kier alpha value is -3.85. The second-order valence-corrected chi connectivity index (χ2v) is 6.82. The van der Waals surface area contributed by atoms with Crippen LogP contribution in [0.3, 0.4) is 0 Å². The Bertz CT molecular complexity index is 1170. The second kappa shape index (κ2) is 7.88. The molecule has 3 aromatic rings. The van der Waals surface area contributed by atoms with E-state index in [2.05, 4.69) is 6.07 Å². The van der Waals surface area contributed by atoms with Gasteiger partial charge in [0.1, 0.15) is 17.4 Å². The third-order valence-corrected chi connectivity index (χ3v) is 5.21. The van der Waals surface area contributed by atoms with Gasteiger partial charge in [0, 0.05) is 10.9 Å². The Kier molecular flexibility index (Phi) is 5.11. The zero-order valence-electron chi connectivity index (χ0n) is 17.1. The summed E-state index contributed by atoms with van der Waals surface area (Å²) in [6.07, 6.45) is 0. The molecule has 1 heterocycles. The number of benzene rings is 3. The van der Waals surface area contributed by atoms with Crippen LogP contribution in [0.2, 0.25) is 0 Å². The van der Waals surface area contributed by atoms with Gasteiger partial charge in [-0.15, -0.1) is 0 Å². The number of methoxy groups -OCH3 is 2. The minimum atomic E-state index is -0.429. The third kappa shape index (κ3) is 3.05. The van der Waals surface area contributed by atoms with Crippen LogP contribution < -0.4 is 24.7 Å². The largest absolute Gasteiger partial charge is 0.493 e. The first-order valence-electron chi connectivity index (χ1n) is 9.60. The highest BCUT2D eigenvalue weighted by atomic mass is 16.5. The van der Waals surface area contributed by atoms with Gasteiger partial charge < -0.3 is 24.7 Å². The molecule has 0 bridgehead atoms. The minimum Gasteiger partial charge on any atom is -0.493 e. The van der Waals surface area contributed by atoms with Gasteiger partial charge in [-0.3, -0.25) is 0 Å². The minimum absolute atomic E-state index is 0.0955. The molecule has 2 N–H and O–H groups in total. The van der Waals surface area contributed by atoms with Crippen LogP contribution in [0.25, 0.3) is 10.8 Å². The van der Waals surface area contributed by atoms with Crippen molar-refractivity contribution < 1.29 is 18.9 Å². The van der Waals surface area contributed by atoms with Gasteiger partial charge in [0.05, 0.1) is 26.7 Å². The molecule has 4 rings (SSSR count). The number of hydrogen-bond donors (Lipinski definition) is 1. The third-order valence-electron chi connectivity index (χ3n) is 5.21. The summed E-state index contributed by atoms with van der Waals surface area (Å²) < 4.78 is 22.8. The molecule has 6 heteroatoms. The molecule has 0 aromatic heterocycles. The monoisotopic (exact) mass is 402 g/mol. The summed E-state index contributed by atoms with van der Waals surface area (Å²) >= 11 is 0. The molecular weight excluding hydrogens is 380 g/mol. The molecule has 1 atom stereocenters. The molecule has 30 heavy (non-hydrogen) atoms. The van der Waals surface area contributed by atoms with Crippen molar-refractivity contribution in [1.82, 2.24) is 0 Å². The normalized spacial score (nSPS) is 15.2. The van der Waals surface area contributed by atoms with Gasteiger partial charge in [-0.25, -0.2) is 0 Å². The van der Waals surface area contributed by atoms with Crippen molar-refractivity contribution in [2.75, 3.05) is 20.8 Å². The van der Waals surface area contributed by atoms with Crippen LogP contribution >= 0.6 is 0 Å². The average molecular weight is 402 g/mol. The second-order valence-electron chi connectivity index (χ2n) is 6.82. The van der Waals surface area contributed by atoms with E-state index in [0.717, 1.165) is 21.9 Å². The standard InChI is InChI=1S/C24H22N2O4/c1-4-29-23-19(27-2)11-15(12-20(23)28-3)21-17-10-9-14-7-5-6-8-16(14)22(17)30-24(26)18(21)13-25/h5-12,21H,4,26H2,1-3H3. The quantitative estimate of drug-likeness (QED) is 0.677. The highest BCUT2D eigenvalue weighted by molar-refractivity contribution is 5.91. The summed E-state index contributed by atoms with van der Waals surface area (Å²) in [6.45, 7) is 2.36. The molecule has 0 saturated carbocycles. The summed E-state index contributed by atoms with van der Waals surface area (Å²) in [4.78, 5) is 0. The summed E-state index contributed by atoms with van der Waals surface area (Å²) in [7, 11) is 3.14. The van der Waals surface area contributed by atoms with E-state index in [9.17, 15) is 5.26 Å². The maximum atomic E-state index is 9.87. The van der Waals surface area contributed by atoms with Crippen LogP contribution in [0.5, 0.6) is 23.0 Å². The first-order valence-corrected chi connectivity index (χ1v) is 9.60. The smallest absolute Gasteiger partial charge is 0.205 e. The predicted molar refractivity (Wildman–Crippen MR) is 114 cm³/mol. The highest BCUT2D eigenvalue weighted by Crippen LogP contribution is 2.48. The number of ether oxygens (including phenoxy) is 4. The maximum absolute atomic E-state index is 9.87. The molecule has 0 radical (unpaired) electrons. The van der Waals surface area contributed by atoms with Crippen molar-refractivity contribution in [2.24, 2.45) is 5.73 Å². The van der Waals surface area contributed by atoms with E-state index in [1.807, 2.05) is 55.5 Å². The molecule has 0 saturated heterocycles. The van der Waals surface area contributed by atoms with Gasteiger partial charge in [-0.05, 0) is 30.0 Å². The fraction of sp³-hybridized carbons (Fsp3) is 0.208. The Morgan fingerprint density at radius 1 is 1.07 bits per heavy atom. The van der Waals surface area contributed by atoms with Crippen LogP contribution in [-0.4, -0.2) is 20.8 Å². The fourth-order valence-corrected chi connectivity index (χ4v) is 3.88. The van der Waals surface area contributed by atoms with E-state index in [1.165, 1.54) is 0 Å². The van der Waals surface area contributed by atoms with Crippen molar-refractivity contribution in [3.8, 4) is 29.1 Å². The molecule has 6 nitrogen and oxygen atoms in total. The zero-order valence-corrected chi connectivity index (χ0v) is 17.1. The van der Waals surface area contributed by atoms with E-state index >= 15 is 0 Å². The van der Waals surface area contributed by atoms with Crippen molar-refractivity contribution in [3.05, 3.63) is 71.1 Å². The summed E-state index contributed by atoms with van der Waals surface area (Å²) in [5.41, 5.74) is 8.18. The summed E-state index contributed by atoms with van der Waals surface area (Å²) in [5.74, 6) is 1.89. The summed E-state index contributed by atoms with van der Waals surface area (Å²) in [6, 6.07) is 17.8. The number of fused-ring (bicyclic) bond motifs is 3. The van der Waals surface area contributed by atoms with Gasteiger partial charge in [0.15, 0.2) is 11.5 Å². The fourth-order valence-electron chi connectivity index (χ4n) is 3.88. The molecule has 3 aromatic carbocycles. The molecule has 0 fully saturated rings. The Balaban J connectivity index is 1.98. The molecule has 0 aliphatic carbocycles. The van der Waals surface area contributed by atoms with Crippen LogP contribution in [0.4, 0.5) is 0 Å². The molecule has 152 valence electrons. The van der Waals surface area contributed by atoms with Crippen molar-refractivity contribution >= 4 is 10.8 Å². The van der Waals surface area contributed by atoms with Gasteiger partial charge in [-0.2, -0.15) is 5.26 Å². The Labute approximate surface area is 175 Å². The topological polar surface area (TPSA) is 86.7 Å². The number of nitrogens with two attached hydrogens (primary N) is 1. The van der Waals surface area contributed by atoms with Crippen LogP contribution in [0, 0.1) is 11.3 Å². The molecule has 0 spiro atoms. The highest BCUT2D eigenvalue weighted by Gasteiger charge is 2.33. The molecule has 0 amide bonds. The van der Waals surface area contributed by atoms with E-state index in [4.69, 9.17) is 24.7 Å². The number of nitrogens with zero attached hydrogens (tertiary/aromatic N) is 1. The van der Waals surface area contributed by atoms with Crippen LogP contribution in [-0.2, 0) is 0 Å². The Morgan fingerprint density at radius 2 is 1.77 bits per heavy atom. The van der Waals surface area contributed by atoms with Crippen molar-refractivity contribution in [2.45, 2.75) is 12.8 Å². The van der Waals surface area contributed by atoms with Crippen molar-refractivity contribution in [1.29, 1.82) is 5.26 Å². The van der Waals surface area contributed by atoms with Gasteiger partial charge in [0.2, 0.25) is 11.6 Å². The van der Waals surface area contributed by atoms with Crippen LogP contribution in [0.15, 0.2) is 60.0 Å². The van der Waals surface area contributed by atoms with E-state index < -0.39 is 5.92 Å². The van der Waals surface area contributed by atoms with Gasteiger partial charge in [-0.1, -0.05) is 36.4 Å². The van der Waals surface area contributed by atoms with E-state index in [-0.39, 0.29) is 5.88 Å². The lowest BCUT2D eigenvalue weighted by molar-refractivity contribution is 0.288. The lowest BCUT2D eigenvalue weighted by Gasteiger charge is -2.28. The SMILES string of the molecule is CCOc1c(OC)cc(C2C(C#N)=C(N)Oc3c2ccc2ccccc32)cc1OC. The van der Waals surface area contributed by atoms with Gasteiger partial charge in [0.25, 0.3) is 0 Å². The van der Waals surface area contributed by atoms with Crippen molar-refractivity contribution in [3.63, 3.8) is 0 Å². The van der Waals surface area contributed by atoms with E-state index in [0.29, 0.717) is 35.2 Å². The maximum Gasteiger partial charge on any atom is 0.205 e. The number of nitriles is 1. The molecule has 1 unspecified atom stereocenters. The molecule has 1 aliphatic rings. The number of hydrogen-bond acceptors (Lipinski definition) is 6.